The third kappa shape index (κ3) is 3.30. The molecule has 0 bridgehead atoms. The molecule has 21 heavy (non-hydrogen) atoms. The molecule has 0 amide bonds. The van der Waals surface area contributed by atoms with Gasteiger partial charge in [-0.05, 0) is 56.6 Å². The van der Waals surface area contributed by atoms with E-state index in [0.29, 0.717) is 0 Å². The van der Waals surface area contributed by atoms with Gasteiger partial charge in [0.15, 0.2) is 0 Å². The molecule has 114 valence electrons. The van der Waals surface area contributed by atoms with Crippen molar-refractivity contribution < 1.29 is 0 Å². The van der Waals surface area contributed by atoms with Gasteiger partial charge >= 0.3 is 0 Å². The van der Waals surface area contributed by atoms with Gasteiger partial charge in [0.05, 0.1) is 0 Å². The van der Waals surface area contributed by atoms with Gasteiger partial charge in [-0.3, -0.25) is 0 Å². The Morgan fingerprint density at radius 2 is 1.95 bits per heavy atom. The molecule has 3 rings (SSSR count). The van der Waals surface area contributed by atoms with E-state index in [0.717, 1.165) is 19.0 Å². The zero-order valence-corrected chi connectivity index (χ0v) is 13.3. The highest BCUT2D eigenvalue weighted by molar-refractivity contribution is 5.83. The molecule has 1 aliphatic heterocycles. The summed E-state index contributed by atoms with van der Waals surface area (Å²) in [4.78, 5) is 2.56. The minimum absolute atomic E-state index is 0.850. The number of piperidine rings is 1. The fraction of sp³-hybridized carbons (Fsp3) is 0.556. The van der Waals surface area contributed by atoms with E-state index in [-0.39, 0.29) is 0 Å². The SMILES string of the molecule is CCN1CCC(CNCc2cn(C)c3ccccc23)CC1. The molecule has 0 saturated carbocycles. The quantitative estimate of drug-likeness (QED) is 0.911. The van der Waals surface area contributed by atoms with E-state index in [1.54, 1.807) is 0 Å². The van der Waals surface area contributed by atoms with Gasteiger partial charge in [0.1, 0.15) is 0 Å². The van der Waals surface area contributed by atoms with Crippen molar-refractivity contribution in [3.8, 4) is 0 Å². The Labute approximate surface area is 127 Å². The maximum atomic E-state index is 3.68. The number of benzene rings is 1. The summed E-state index contributed by atoms with van der Waals surface area (Å²) in [6, 6.07) is 8.67. The molecule has 1 saturated heterocycles. The number of rotatable bonds is 5. The summed E-state index contributed by atoms with van der Waals surface area (Å²) in [6.07, 6.45) is 4.95. The summed E-state index contributed by atoms with van der Waals surface area (Å²) in [5, 5.41) is 5.06. The number of nitrogens with one attached hydrogen (secondary N) is 1. The first-order valence-corrected chi connectivity index (χ1v) is 8.24. The maximum Gasteiger partial charge on any atom is 0.0481 e. The molecule has 2 aromatic rings. The van der Waals surface area contributed by atoms with Crippen LogP contribution in [0.15, 0.2) is 30.5 Å². The minimum Gasteiger partial charge on any atom is -0.350 e. The summed E-state index contributed by atoms with van der Waals surface area (Å²) in [5.74, 6) is 0.850. The molecule has 3 nitrogen and oxygen atoms in total. The smallest absolute Gasteiger partial charge is 0.0481 e. The van der Waals surface area contributed by atoms with E-state index in [1.807, 2.05) is 0 Å². The summed E-state index contributed by atoms with van der Waals surface area (Å²) < 4.78 is 2.23. The van der Waals surface area contributed by atoms with E-state index in [2.05, 4.69) is 59.2 Å². The standard InChI is InChI=1S/C18H27N3/c1-3-21-10-8-15(9-11-21)12-19-13-16-14-20(2)18-7-5-4-6-17(16)18/h4-7,14-15,19H,3,8-13H2,1-2H3. The van der Waals surface area contributed by atoms with Crippen molar-refractivity contribution in [2.75, 3.05) is 26.2 Å². The summed E-state index contributed by atoms with van der Waals surface area (Å²) in [7, 11) is 2.13. The molecule has 0 aliphatic carbocycles. The molecule has 1 fully saturated rings. The Bertz CT molecular complexity index is 579. The molecular weight excluding hydrogens is 258 g/mol. The first kappa shape index (κ1) is 14.6. The van der Waals surface area contributed by atoms with Crippen LogP contribution in [-0.4, -0.2) is 35.6 Å². The van der Waals surface area contributed by atoms with E-state index >= 15 is 0 Å². The molecule has 0 spiro atoms. The van der Waals surface area contributed by atoms with Crippen molar-refractivity contribution in [2.45, 2.75) is 26.3 Å². The minimum atomic E-state index is 0.850. The number of hydrogen-bond donors (Lipinski definition) is 1. The van der Waals surface area contributed by atoms with Gasteiger partial charge in [-0.2, -0.15) is 0 Å². The number of aromatic nitrogens is 1. The highest BCUT2D eigenvalue weighted by Gasteiger charge is 2.17. The Balaban J connectivity index is 1.53. The van der Waals surface area contributed by atoms with Crippen molar-refractivity contribution in [1.29, 1.82) is 0 Å². The van der Waals surface area contributed by atoms with Crippen molar-refractivity contribution in [3.05, 3.63) is 36.0 Å². The van der Waals surface area contributed by atoms with Crippen LogP contribution in [0.4, 0.5) is 0 Å². The lowest BCUT2D eigenvalue weighted by Gasteiger charge is -2.31. The average Bonchev–Trinajstić information content (AvgIpc) is 2.85. The average molecular weight is 285 g/mol. The molecule has 1 aromatic heterocycles. The zero-order valence-electron chi connectivity index (χ0n) is 13.3. The molecule has 3 heteroatoms. The fourth-order valence-electron chi connectivity index (χ4n) is 3.48. The fourth-order valence-corrected chi connectivity index (χ4v) is 3.48. The Morgan fingerprint density at radius 1 is 1.19 bits per heavy atom. The molecular formula is C18H27N3. The molecule has 1 N–H and O–H groups in total. The Morgan fingerprint density at radius 3 is 2.71 bits per heavy atom. The molecule has 1 aromatic carbocycles. The molecule has 0 radical (unpaired) electrons. The molecule has 2 heterocycles. The molecule has 1 aliphatic rings. The van der Waals surface area contributed by atoms with Crippen LogP contribution in [0.5, 0.6) is 0 Å². The van der Waals surface area contributed by atoms with E-state index < -0.39 is 0 Å². The predicted octanol–water partition coefficient (Wildman–Crippen LogP) is 3.00. The van der Waals surface area contributed by atoms with Crippen molar-refractivity contribution in [2.24, 2.45) is 13.0 Å². The number of hydrogen-bond acceptors (Lipinski definition) is 2. The van der Waals surface area contributed by atoms with Crippen molar-refractivity contribution in [3.63, 3.8) is 0 Å². The Hall–Kier alpha value is -1.32. The van der Waals surface area contributed by atoms with E-state index in [4.69, 9.17) is 0 Å². The van der Waals surface area contributed by atoms with Gasteiger partial charge in [0, 0.05) is 30.7 Å². The largest absolute Gasteiger partial charge is 0.350 e. The van der Waals surface area contributed by atoms with Crippen LogP contribution in [-0.2, 0) is 13.6 Å². The van der Waals surface area contributed by atoms with Gasteiger partial charge in [0.2, 0.25) is 0 Å². The lowest BCUT2D eigenvalue weighted by Crippen LogP contribution is -2.36. The van der Waals surface area contributed by atoms with Crippen LogP contribution < -0.4 is 5.32 Å². The van der Waals surface area contributed by atoms with Gasteiger partial charge in [-0.25, -0.2) is 0 Å². The highest BCUT2D eigenvalue weighted by Crippen LogP contribution is 2.20. The second-order valence-corrected chi connectivity index (χ2v) is 6.29. The summed E-state index contributed by atoms with van der Waals surface area (Å²) in [6.45, 7) is 8.15. The monoisotopic (exact) mass is 285 g/mol. The Kier molecular flexibility index (Phi) is 4.61. The number of likely N-dealkylation sites (tertiary alicyclic amines) is 1. The number of para-hydroxylation sites is 1. The summed E-state index contributed by atoms with van der Waals surface area (Å²) in [5.41, 5.74) is 2.74. The number of fused-ring (bicyclic) bond motifs is 1. The normalized spacial score (nSPS) is 17.6. The predicted molar refractivity (Wildman–Crippen MR) is 89.5 cm³/mol. The second kappa shape index (κ2) is 6.63. The second-order valence-electron chi connectivity index (χ2n) is 6.29. The van der Waals surface area contributed by atoms with Gasteiger partial charge in [0.25, 0.3) is 0 Å². The first-order chi connectivity index (χ1) is 10.3. The van der Waals surface area contributed by atoms with Crippen molar-refractivity contribution >= 4 is 10.9 Å². The zero-order chi connectivity index (χ0) is 14.7. The number of aryl methyl sites for hydroxylation is 1. The topological polar surface area (TPSA) is 20.2 Å². The van der Waals surface area contributed by atoms with E-state index in [1.165, 1.54) is 48.9 Å². The van der Waals surface area contributed by atoms with Gasteiger partial charge < -0.3 is 14.8 Å². The van der Waals surface area contributed by atoms with Crippen LogP contribution in [0, 0.1) is 5.92 Å². The van der Waals surface area contributed by atoms with Gasteiger partial charge in [-0.15, -0.1) is 0 Å². The maximum absolute atomic E-state index is 3.68. The van der Waals surface area contributed by atoms with Gasteiger partial charge in [-0.1, -0.05) is 25.1 Å². The van der Waals surface area contributed by atoms with Crippen molar-refractivity contribution in [1.82, 2.24) is 14.8 Å². The number of nitrogens with zero attached hydrogens (tertiary/aromatic N) is 2. The third-order valence-electron chi connectivity index (χ3n) is 4.88. The van der Waals surface area contributed by atoms with Crippen LogP contribution in [0.2, 0.25) is 0 Å². The first-order valence-electron chi connectivity index (χ1n) is 8.24. The molecule has 0 unspecified atom stereocenters. The van der Waals surface area contributed by atoms with Crippen LogP contribution >= 0.6 is 0 Å². The summed E-state index contributed by atoms with van der Waals surface area (Å²) >= 11 is 0. The molecule has 0 atom stereocenters. The highest BCUT2D eigenvalue weighted by atomic mass is 15.1. The lowest BCUT2D eigenvalue weighted by molar-refractivity contribution is 0.190. The van der Waals surface area contributed by atoms with E-state index in [9.17, 15) is 0 Å². The third-order valence-corrected chi connectivity index (χ3v) is 4.88. The van der Waals surface area contributed by atoms with Crippen LogP contribution in [0.1, 0.15) is 25.3 Å². The van der Waals surface area contributed by atoms with Crippen LogP contribution in [0.3, 0.4) is 0 Å². The lowest BCUT2D eigenvalue weighted by atomic mass is 9.97. The van der Waals surface area contributed by atoms with Crippen LogP contribution in [0.25, 0.3) is 10.9 Å².